The van der Waals surface area contributed by atoms with E-state index in [9.17, 15) is 4.79 Å². The minimum absolute atomic E-state index is 0.0651. The van der Waals surface area contributed by atoms with Gasteiger partial charge in [-0.25, -0.2) is 0 Å². The molecule has 32 heavy (non-hydrogen) atoms. The highest BCUT2D eigenvalue weighted by molar-refractivity contribution is 5.94. The summed E-state index contributed by atoms with van der Waals surface area (Å²) in [6, 6.07) is 19.9. The fourth-order valence-corrected chi connectivity index (χ4v) is 4.44. The van der Waals surface area contributed by atoms with E-state index in [1.165, 1.54) is 16.5 Å². The van der Waals surface area contributed by atoms with Gasteiger partial charge in [0.2, 0.25) is 5.91 Å². The Hall–Kier alpha value is -3.48. The van der Waals surface area contributed by atoms with Crippen LogP contribution < -0.4 is 5.73 Å². The Kier molecular flexibility index (Phi) is 5.47. The minimum Gasteiger partial charge on any atom is -0.369 e. The number of nitrogens with zero attached hydrogens (tertiary/aromatic N) is 3. The number of pyridine rings is 1. The zero-order valence-electron chi connectivity index (χ0n) is 18.1. The monoisotopic (exact) mass is 426 g/mol. The molecule has 0 saturated carbocycles. The molecular weight excluding hydrogens is 400 g/mol. The van der Waals surface area contributed by atoms with Crippen LogP contribution >= 0.6 is 0 Å². The Bertz CT molecular complexity index is 1260. The van der Waals surface area contributed by atoms with Gasteiger partial charge in [0, 0.05) is 61.1 Å². The maximum Gasteiger partial charge on any atom is 0.248 e. The van der Waals surface area contributed by atoms with Crippen LogP contribution in [0.25, 0.3) is 22.0 Å². The fraction of sp³-hybridized carbons (Fsp3) is 0.231. The molecule has 0 bridgehead atoms. The molecule has 3 heterocycles. The lowest BCUT2D eigenvalue weighted by atomic mass is 10.0. The first-order valence-corrected chi connectivity index (χ1v) is 10.8. The molecule has 1 amide bonds. The second-order valence-corrected chi connectivity index (χ2v) is 8.29. The summed E-state index contributed by atoms with van der Waals surface area (Å²) in [4.78, 5) is 18.6. The topological polar surface area (TPSA) is 73.4 Å². The predicted molar refractivity (Wildman–Crippen MR) is 125 cm³/mol. The molecule has 0 radical (unpaired) electrons. The molecule has 2 N–H and O–H groups in total. The number of morpholine rings is 1. The van der Waals surface area contributed by atoms with Crippen LogP contribution in [-0.4, -0.2) is 40.1 Å². The van der Waals surface area contributed by atoms with E-state index in [4.69, 9.17) is 10.5 Å². The zero-order valence-corrected chi connectivity index (χ0v) is 18.1. The molecule has 1 aliphatic heterocycles. The Morgan fingerprint density at radius 1 is 1.12 bits per heavy atom. The van der Waals surface area contributed by atoms with Crippen molar-refractivity contribution in [1.29, 1.82) is 0 Å². The van der Waals surface area contributed by atoms with Crippen LogP contribution in [0.3, 0.4) is 0 Å². The normalized spacial score (nSPS) is 17.0. The average molecular weight is 427 g/mol. The number of aromatic nitrogens is 2. The molecule has 2 aromatic carbocycles. The molecule has 1 aliphatic rings. The Balaban J connectivity index is 1.31. The predicted octanol–water partition coefficient (Wildman–Crippen LogP) is 3.91. The smallest absolute Gasteiger partial charge is 0.248 e. The summed E-state index contributed by atoms with van der Waals surface area (Å²) in [6.07, 6.45) is 4.00. The standard InChI is InChI=1S/C26H26N4O2/c1-29-15-21(22-7-2-3-8-24(22)29)16-30-11-12-32-25(17-30)23-10-9-20(14-28-23)18-5-4-6-19(13-18)26(27)31/h2-10,13-15,25H,11-12,16-17H2,1H3,(H2,27,31)/t25-/m1/s1. The highest BCUT2D eigenvalue weighted by atomic mass is 16.5. The van der Waals surface area contributed by atoms with Crippen molar-refractivity contribution in [1.82, 2.24) is 14.5 Å². The van der Waals surface area contributed by atoms with Crippen molar-refractivity contribution in [2.75, 3.05) is 19.7 Å². The second kappa shape index (κ2) is 8.57. The summed E-state index contributed by atoms with van der Waals surface area (Å²) in [7, 11) is 2.10. The van der Waals surface area contributed by atoms with Crippen LogP contribution in [0.4, 0.5) is 0 Å². The van der Waals surface area contributed by atoms with E-state index < -0.39 is 5.91 Å². The third-order valence-corrected chi connectivity index (χ3v) is 6.12. The van der Waals surface area contributed by atoms with E-state index in [2.05, 4.69) is 52.0 Å². The summed E-state index contributed by atoms with van der Waals surface area (Å²) in [5.41, 5.74) is 11.3. The summed E-state index contributed by atoms with van der Waals surface area (Å²) in [5.74, 6) is -0.432. The molecule has 4 aromatic rings. The van der Waals surface area contributed by atoms with Crippen LogP contribution in [0.2, 0.25) is 0 Å². The summed E-state index contributed by atoms with van der Waals surface area (Å²) < 4.78 is 8.24. The highest BCUT2D eigenvalue weighted by Crippen LogP contribution is 2.27. The van der Waals surface area contributed by atoms with Gasteiger partial charge in [-0.3, -0.25) is 14.7 Å². The average Bonchev–Trinajstić information content (AvgIpc) is 3.15. The highest BCUT2D eigenvalue weighted by Gasteiger charge is 2.24. The maximum absolute atomic E-state index is 11.5. The van der Waals surface area contributed by atoms with E-state index in [1.807, 2.05) is 30.5 Å². The van der Waals surface area contributed by atoms with Gasteiger partial charge in [-0.1, -0.05) is 36.4 Å². The van der Waals surface area contributed by atoms with E-state index >= 15 is 0 Å². The van der Waals surface area contributed by atoms with Gasteiger partial charge in [0.25, 0.3) is 0 Å². The summed E-state index contributed by atoms with van der Waals surface area (Å²) in [5, 5.41) is 1.30. The number of hydrogen-bond donors (Lipinski definition) is 1. The number of fused-ring (bicyclic) bond motifs is 1. The number of hydrogen-bond acceptors (Lipinski definition) is 4. The first kappa shape index (κ1) is 20.4. The second-order valence-electron chi connectivity index (χ2n) is 8.29. The third kappa shape index (κ3) is 4.02. The molecule has 1 saturated heterocycles. The number of rotatable bonds is 5. The van der Waals surface area contributed by atoms with Crippen LogP contribution in [0.1, 0.15) is 27.7 Å². The number of carbonyl (C=O) groups is 1. The number of aryl methyl sites for hydroxylation is 1. The molecule has 2 aromatic heterocycles. The van der Waals surface area contributed by atoms with Gasteiger partial charge in [0.1, 0.15) is 6.10 Å². The molecule has 0 spiro atoms. The van der Waals surface area contributed by atoms with E-state index in [-0.39, 0.29) is 6.10 Å². The zero-order chi connectivity index (χ0) is 22.1. The number of primary amides is 1. The summed E-state index contributed by atoms with van der Waals surface area (Å²) >= 11 is 0. The molecule has 162 valence electrons. The lowest BCUT2D eigenvalue weighted by molar-refractivity contribution is -0.0348. The van der Waals surface area contributed by atoms with Crippen molar-refractivity contribution < 1.29 is 9.53 Å². The molecule has 6 nitrogen and oxygen atoms in total. The van der Waals surface area contributed by atoms with Gasteiger partial charge in [0.05, 0.1) is 12.3 Å². The number of amides is 1. The Labute approximate surface area is 187 Å². The van der Waals surface area contributed by atoms with Crippen LogP contribution in [0, 0.1) is 0 Å². The minimum atomic E-state index is -0.432. The quantitative estimate of drug-likeness (QED) is 0.525. The van der Waals surface area contributed by atoms with E-state index in [1.54, 1.807) is 12.1 Å². The first-order valence-electron chi connectivity index (χ1n) is 10.8. The lowest BCUT2D eigenvalue weighted by Crippen LogP contribution is -2.38. The van der Waals surface area contributed by atoms with Crippen LogP contribution in [-0.2, 0) is 18.3 Å². The van der Waals surface area contributed by atoms with Gasteiger partial charge in [0.15, 0.2) is 0 Å². The number of para-hydroxylation sites is 1. The van der Waals surface area contributed by atoms with Crippen molar-refractivity contribution in [2.24, 2.45) is 12.8 Å². The number of benzene rings is 2. The van der Waals surface area contributed by atoms with Crippen molar-refractivity contribution >= 4 is 16.8 Å². The van der Waals surface area contributed by atoms with Crippen molar-refractivity contribution in [2.45, 2.75) is 12.6 Å². The van der Waals surface area contributed by atoms with Gasteiger partial charge in [-0.15, -0.1) is 0 Å². The van der Waals surface area contributed by atoms with E-state index in [0.29, 0.717) is 12.2 Å². The van der Waals surface area contributed by atoms with Gasteiger partial charge < -0.3 is 15.0 Å². The molecular formula is C26H26N4O2. The number of carbonyl (C=O) groups excluding carboxylic acids is 1. The van der Waals surface area contributed by atoms with Crippen molar-refractivity contribution in [3.8, 4) is 11.1 Å². The van der Waals surface area contributed by atoms with E-state index in [0.717, 1.165) is 36.5 Å². The number of ether oxygens (including phenoxy) is 1. The van der Waals surface area contributed by atoms with Crippen LogP contribution in [0.5, 0.6) is 0 Å². The first-order chi connectivity index (χ1) is 15.6. The SMILES string of the molecule is Cn1cc(CN2CCO[C@@H](c3ccc(-c4cccc(C(N)=O)c4)cn3)C2)c2ccccc21. The van der Waals surface area contributed by atoms with Gasteiger partial charge in [-0.05, 0) is 35.4 Å². The fourth-order valence-electron chi connectivity index (χ4n) is 4.44. The third-order valence-electron chi connectivity index (χ3n) is 6.12. The van der Waals surface area contributed by atoms with Gasteiger partial charge >= 0.3 is 0 Å². The molecule has 1 fully saturated rings. The summed E-state index contributed by atoms with van der Waals surface area (Å²) in [6.45, 7) is 3.27. The molecule has 0 unspecified atom stereocenters. The van der Waals surface area contributed by atoms with Crippen molar-refractivity contribution in [3.63, 3.8) is 0 Å². The molecule has 5 rings (SSSR count). The number of nitrogens with two attached hydrogens (primary N) is 1. The molecule has 0 aliphatic carbocycles. The van der Waals surface area contributed by atoms with Crippen molar-refractivity contribution in [3.05, 3.63) is 89.9 Å². The largest absolute Gasteiger partial charge is 0.369 e. The molecule has 6 heteroatoms. The van der Waals surface area contributed by atoms with Crippen LogP contribution in [0.15, 0.2) is 73.1 Å². The maximum atomic E-state index is 11.5. The molecule has 1 atom stereocenters. The van der Waals surface area contributed by atoms with Gasteiger partial charge in [-0.2, -0.15) is 0 Å². The lowest BCUT2D eigenvalue weighted by Gasteiger charge is -2.32. The Morgan fingerprint density at radius 3 is 2.81 bits per heavy atom. The Morgan fingerprint density at radius 2 is 2.00 bits per heavy atom.